The van der Waals surface area contributed by atoms with Crippen LogP contribution in [0.25, 0.3) is 0 Å². The first kappa shape index (κ1) is 15.1. The molecule has 0 amide bonds. The Bertz CT molecular complexity index is 436. The van der Waals surface area contributed by atoms with Crippen LogP contribution in [0.2, 0.25) is 0 Å². The second kappa shape index (κ2) is 6.95. The molecule has 1 aromatic rings. The van der Waals surface area contributed by atoms with Gasteiger partial charge in [-0.05, 0) is 44.9 Å². The van der Waals surface area contributed by atoms with Crippen molar-refractivity contribution in [2.24, 2.45) is 0 Å². The van der Waals surface area contributed by atoms with Crippen LogP contribution in [0.3, 0.4) is 0 Å². The molecule has 0 unspecified atom stereocenters. The number of methoxy groups -OCH3 is 2. The van der Waals surface area contributed by atoms with Crippen LogP contribution in [0.4, 0.5) is 0 Å². The van der Waals surface area contributed by atoms with Gasteiger partial charge < -0.3 is 19.5 Å². The molecule has 2 rings (SSSR count). The van der Waals surface area contributed by atoms with Gasteiger partial charge in [0, 0.05) is 18.2 Å². The molecule has 4 heteroatoms. The minimum Gasteiger partial charge on any atom is -0.497 e. The lowest BCUT2D eigenvalue weighted by Gasteiger charge is -2.20. The molecule has 0 radical (unpaired) electrons. The molecule has 20 heavy (non-hydrogen) atoms. The van der Waals surface area contributed by atoms with E-state index in [1.165, 1.54) is 0 Å². The van der Waals surface area contributed by atoms with Gasteiger partial charge in [-0.1, -0.05) is 0 Å². The zero-order valence-corrected chi connectivity index (χ0v) is 12.8. The van der Waals surface area contributed by atoms with Gasteiger partial charge in [0.05, 0.1) is 26.4 Å². The highest BCUT2D eigenvalue weighted by Crippen LogP contribution is 2.29. The average Bonchev–Trinajstić information content (AvgIpc) is 2.89. The Labute approximate surface area is 121 Å². The molecule has 0 bridgehead atoms. The lowest BCUT2D eigenvalue weighted by Crippen LogP contribution is -2.29. The van der Waals surface area contributed by atoms with E-state index < -0.39 is 0 Å². The number of hydrogen-bond acceptors (Lipinski definition) is 4. The zero-order chi connectivity index (χ0) is 14.5. The highest BCUT2D eigenvalue weighted by Gasteiger charge is 2.22. The van der Waals surface area contributed by atoms with E-state index >= 15 is 0 Å². The molecule has 1 saturated heterocycles. The Morgan fingerprint density at radius 2 is 2.10 bits per heavy atom. The van der Waals surface area contributed by atoms with Crippen LogP contribution >= 0.6 is 0 Å². The largest absolute Gasteiger partial charge is 0.497 e. The second-order valence-electron chi connectivity index (χ2n) is 5.38. The molecule has 1 heterocycles. The Balaban J connectivity index is 1.98. The van der Waals surface area contributed by atoms with Crippen molar-refractivity contribution >= 4 is 0 Å². The van der Waals surface area contributed by atoms with Crippen molar-refractivity contribution in [3.8, 4) is 11.5 Å². The zero-order valence-electron chi connectivity index (χ0n) is 12.8. The van der Waals surface area contributed by atoms with Crippen molar-refractivity contribution in [2.75, 3.05) is 20.8 Å². The van der Waals surface area contributed by atoms with Crippen LogP contribution in [0.15, 0.2) is 18.2 Å². The normalized spacial score (nSPS) is 23.6. The lowest BCUT2D eigenvalue weighted by molar-refractivity contribution is 0.0546. The molecule has 1 aromatic carbocycles. The summed E-state index contributed by atoms with van der Waals surface area (Å²) >= 11 is 0. The summed E-state index contributed by atoms with van der Waals surface area (Å²) in [6, 6.07) is 6.07. The predicted molar refractivity (Wildman–Crippen MR) is 79.5 cm³/mol. The van der Waals surface area contributed by atoms with E-state index in [1.807, 2.05) is 18.2 Å². The third kappa shape index (κ3) is 3.64. The molecule has 1 aliphatic rings. The molecule has 1 fully saturated rings. The van der Waals surface area contributed by atoms with Crippen molar-refractivity contribution in [1.82, 2.24) is 5.32 Å². The summed E-state index contributed by atoms with van der Waals surface area (Å²) < 4.78 is 16.5. The van der Waals surface area contributed by atoms with Gasteiger partial charge in [-0.3, -0.25) is 0 Å². The molecular weight excluding hydrogens is 254 g/mol. The molecule has 3 atom stereocenters. The van der Waals surface area contributed by atoms with E-state index in [1.54, 1.807) is 14.2 Å². The van der Waals surface area contributed by atoms with Crippen LogP contribution in [0, 0.1) is 0 Å². The minimum absolute atomic E-state index is 0.194. The average molecular weight is 279 g/mol. The topological polar surface area (TPSA) is 39.7 Å². The fourth-order valence-electron chi connectivity index (χ4n) is 2.63. The Hall–Kier alpha value is -1.26. The van der Waals surface area contributed by atoms with Crippen molar-refractivity contribution in [2.45, 2.75) is 44.9 Å². The van der Waals surface area contributed by atoms with E-state index in [0.29, 0.717) is 12.2 Å². The van der Waals surface area contributed by atoms with Gasteiger partial charge in [-0.2, -0.15) is 0 Å². The third-order valence-electron chi connectivity index (χ3n) is 3.88. The van der Waals surface area contributed by atoms with E-state index in [0.717, 1.165) is 36.4 Å². The first-order chi connectivity index (χ1) is 9.63. The van der Waals surface area contributed by atoms with E-state index in [9.17, 15) is 0 Å². The van der Waals surface area contributed by atoms with Crippen LogP contribution in [-0.2, 0) is 4.74 Å². The first-order valence-electron chi connectivity index (χ1n) is 7.24. The fourth-order valence-corrected chi connectivity index (χ4v) is 2.63. The molecule has 1 aliphatic heterocycles. The summed E-state index contributed by atoms with van der Waals surface area (Å²) in [5, 5.41) is 3.53. The van der Waals surface area contributed by atoms with Crippen molar-refractivity contribution in [1.29, 1.82) is 0 Å². The quantitative estimate of drug-likeness (QED) is 0.869. The lowest BCUT2D eigenvalue weighted by atomic mass is 10.1. The summed E-state index contributed by atoms with van der Waals surface area (Å²) in [6.07, 6.45) is 3.01. The highest BCUT2D eigenvalue weighted by atomic mass is 16.5. The van der Waals surface area contributed by atoms with Gasteiger partial charge in [0.25, 0.3) is 0 Å². The van der Waals surface area contributed by atoms with E-state index in [2.05, 4.69) is 19.2 Å². The predicted octanol–water partition coefficient (Wildman–Crippen LogP) is 2.92. The summed E-state index contributed by atoms with van der Waals surface area (Å²) in [5.74, 6) is 1.73. The Morgan fingerprint density at radius 3 is 2.70 bits per heavy atom. The highest BCUT2D eigenvalue weighted by molar-refractivity contribution is 5.42. The first-order valence-corrected chi connectivity index (χ1v) is 7.24. The minimum atomic E-state index is 0.194. The number of nitrogens with one attached hydrogen (secondary N) is 1. The van der Waals surface area contributed by atoms with Crippen molar-refractivity contribution < 1.29 is 14.2 Å². The summed E-state index contributed by atoms with van der Waals surface area (Å²) in [6.45, 7) is 5.13. The monoisotopic (exact) mass is 279 g/mol. The maximum atomic E-state index is 5.83. The molecule has 0 aromatic heterocycles. The van der Waals surface area contributed by atoms with Crippen LogP contribution in [0.1, 0.15) is 38.3 Å². The molecular formula is C16H25NO3. The van der Waals surface area contributed by atoms with Gasteiger partial charge in [-0.25, -0.2) is 0 Å². The maximum Gasteiger partial charge on any atom is 0.123 e. The number of benzene rings is 1. The summed E-state index contributed by atoms with van der Waals surface area (Å²) in [5.41, 5.74) is 1.11. The molecule has 0 aliphatic carbocycles. The van der Waals surface area contributed by atoms with Gasteiger partial charge in [0.2, 0.25) is 0 Å². The molecule has 112 valence electrons. The third-order valence-corrected chi connectivity index (χ3v) is 3.88. The summed E-state index contributed by atoms with van der Waals surface area (Å²) in [4.78, 5) is 0. The van der Waals surface area contributed by atoms with Gasteiger partial charge in [0.1, 0.15) is 11.5 Å². The Kier molecular flexibility index (Phi) is 5.26. The molecule has 1 N–H and O–H groups in total. The second-order valence-corrected chi connectivity index (χ2v) is 5.38. The van der Waals surface area contributed by atoms with Gasteiger partial charge in [-0.15, -0.1) is 0 Å². The van der Waals surface area contributed by atoms with E-state index in [-0.39, 0.29) is 6.04 Å². The van der Waals surface area contributed by atoms with Crippen LogP contribution in [0.5, 0.6) is 11.5 Å². The number of hydrogen-bond donors (Lipinski definition) is 1. The molecule has 0 saturated carbocycles. The van der Waals surface area contributed by atoms with Gasteiger partial charge in [0.15, 0.2) is 0 Å². The smallest absolute Gasteiger partial charge is 0.123 e. The van der Waals surface area contributed by atoms with Crippen molar-refractivity contribution in [3.63, 3.8) is 0 Å². The number of ether oxygens (including phenoxy) is 3. The Morgan fingerprint density at radius 1 is 1.30 bits per heavy atom. The fraction of sp³-hybridized carbons (Fsp3) is 0.625. The van der Waals surface area contributed by atoms with Gasteiger partial charge >= 0.3 is 0 Å². The van der Waals surface area contributed by atoms with E-state index in [4.69, 9.17) is 14.2 Å². The molecule has 4 nitrogen and oxygen atoms in total. The van der Waals surface area contributed by atoms with Crippen molar-refractivity contribution in [3.05, 3.63) is 23.8 Å². The van der Waals surface area contributed by atoms with Crippen LogP contribution in [-0.4, -0.2) is 33.0 Å². The number of rotatable bonds is 6. The van der Waals surface area contributed by atoms with Crippen LogP contribution < -0.4 is 14.8 Å². The SMILES string of the molecule is COc1ccc(OC)c([C@H](C)NC[C@H]2CC[C@H](C)O2)c1. The summed E-state index contributed by atoms with van der Waals surface area (Å²) in [7, 11) is 3.37. The molecule has 0 spiro atoms. The maximum absolute atomic E-state index is 5.83. The standard InChI is InChI=1S/C16H25NO3/c1-11-5-6-14(20-11)10-17-12(2)15-9-13(18-3)7-8-16(15)19-4/h7-9,11-12,14,17H,5-6,10H2,1-4H3/t11-,12-,14+/m0/s1.